The maximum atomic E-state index is 12.1. The van der Waals surface area contributed by atoms with Gasteiger partial charge in [-0.2, -0.15) is 0 Å². The molecule has 0 bridgehead atoms. The third kappa shape index (κ3) is 3.04. The first kappa shape index (κ1) is 13.6. The second-order valence-corrected chi connectivity index (χ2v) is 5.67. The van der Waals surface area contributed by atoms with E-state index in [-0.39, 0.29) is 18.0 Å². The first-order valence-corrected chi connectivity index (χ1v) is 7.63. The number of carbonyl (C=O) groups is 1. The molecule has 5 heteroatoms. The van der Waals surface area contributed by atoms with Crippen molar-refractivity contribution in [2.75, 3.05) is 26.2 Å². The highest BCUT2D eigenvalue weighted by molar-refractivity contribution is 5.82. The van der Waals surface area contributed by atoms with Crippen LogP contribution in [-0.2, 0) is 4.79 Å². The minimum Gasteiger partial charge on any atom is -0.468 e. The van der Waals surface area contributed by atoms with Gasteiger partial charge in [0.05, 0.1) is 18.3 Å². The molecule has 2 saturated heterocycles. The predicted octanol–water partition coefficient (Wildman–Crippen LogP) is 1.28. The molecule has 0 radical (unpaired) electrons. The number of rotatable bonds is 5. The van der Waals surface area contributed by atoms with Crippen LogP contribution in [0.1, 0.15) is 37.5 Å². The zero-order valence-electron chi connectivity index (χ0n) is 11.8. The van der Waals surface area contributed by atoms with Crippen molar-refractivity contribution in [3.8, 4) is 0 Å². The van der Waals surface area contributed by atoms with Gasteiger partial charge in [0, 0.05) is 6.54 Å². The maximum Gasteiger partial charge on any atom is 0.237 e. The van der Waals surface area contributed by atoms with E-state index in [0.717, 1.165) is 38.2 Å². The van der Waals surface area contributed by atoms with Gasteiger partial charge in [-0.25, -0.2) is 0 Å². The van der Waals surface area contributed by atoms with Gasteiger partial charge >= 0.3 is 0 Å². The Kier molecular flexibility index (Phi) is 4.38. The molecule has 0 spiro atoms. The van der Waals surface area contributed by atoms with Gasteiger partial charge in [0.25, 0.3) is 0 Å². The minimum absolute atomic E-state index is 0.00849. The van der Waals surface area contributed by atoms with Crippen molar-refractivity contribution >= 4 is 5.91 Å². The standard InChI is InChI=1S/C15H23N3O2/c19-15(12-5-3-7-16-12)17-11-13(14-6-4-10-20-14)18-8-1-2-9-18/h4,6,10,12-13,16H,1-3,5,7-9,11H2,(H,17,19). The fourth-order valence-corrected chi connectivity index (χ4v) is 3.17. The second-order valence-electron chi connectivity index (χ2n) is 5.67. The molecular formula is C15H23N3O2. The Bertz CT molecular complexity index is 420. The summed E-state index contributed by atoms with van der Waals surface area (Å²) in [5, 5.41) is 6.32. The smallest absolute Gasteiger partial charge is 0.237 e. The van der Waals surface area contributed by atoms with E-state index in [9.17, 15) is 4.79 Å². The lowest BCUT2D eigenvalue weighted by molar-refractivity contribution is -0.123. The Morgan fingerprint density at radius 1 is 1.45 bits per heavy atom. The van der Waals surface area contributed by atoms with Gasteiger partial charge in [0.1, 0.15) is 5.76 Å². The van der Waals surface area contributed by atoms with Crippen LogP contribution in [0.4, 0.5) is 0 Å². The number of hydrogen-bond acceptors (Lipinski definition) is 4. The molecule has 2 fully saturated rings. The van der Waals surface area contributed by atoms with E-state index in [1.807, 2.05) is 12.1 Å². The summed E-state index contributed by atoms with van der Waals surface area (Å²) in [4.78, 5) is 14.5. The van der Waals surface area contributed by atoms with Gasteiger partial charge in [-0.3, -0.25) is 9.69 Å². The van der Waals surface area contributed by atoms with E-state index in [1.165, 1.54) is 12.8 Å². The molecule has 3 rings (SSSR count). The number of likely N-dealkylation sites (tertiary alicyclic amines) is 1. The highest BCUT2D eigenvalue weighted by atomic mass is 16.3. The topological polar surface area (TPSA) is 57.5 Å². The largest absolute Gasteiger partial charge is 0.468 e. The fourth-order valence-electron chi connectivity index (χ4n) is 3.17. The molecule has 3 heterocycles. The molecule has 2 aliphatic rings. The molecule has 5 nitrogen and oxygen atoms in total. The number of nitrogens with zero attached hydrogens (tertiary/aromatic N) is 1. The summed E-state index contributed by atoms with van der Waals surface area (Å²) in [6.07, 6.45) is 6.20. The summed E-state index contributed by atoms with van der Waals surface area (Å²) in [5.74, 6) is 1.07. The van der Waals surface area contributed by atoms with Crippen LogP contribution in [-0.4, -0.2) is 43.0 Å². The van der Waals surface area contributed by atoms with E-state index >= 15 is 0 Å². The summed E-state index contributed by atoms with van der Waals surface area (Å²) in [6.45, 7) is 3.75. The van der Waals surface area contributed by atoms with E-state index < -0.39 is 0 Å². The Morgan fingerprint density at radius 2 is 2.30 bits per heavy atom. The van der Waals surface area contributed by atoms with Crippen molar-refractivity contribution in [2.24, 2.45) is 0 Å². The summed E-state index contributed by atoms with van der Waals surface area (Å²) in [7, 11) is 0. The van der Waals surface area contributed by atoms with Crippen LogP contribution < -0.4 is 10.6 Å². The van der Waals surface area contributed by atoms with Crippen LogP contribution in [0.15, 0.2) is 22.8 Å². The van der Waals surface area contributed by atoms with Gasteiger partial charge < -0.3 is 15.1 Å². The number of hydrogen-bond donors (Lipinski definition) is 2. The van der Waals surface area contributed by atoms with Crippen LogP contribution in [0.25, 0.3) is 0 Å². The Labute approximate surface area is 119 Å². The molecule has 110 valence electrons. The summed E-state index contributed by atoms with van der Waals surface area (Å²) in [5.41, 5.74) is 0. The molecular weight excluding hydrogens is 254 g/mol. The molecule has 1 amide bonds. The highest BCUT2D eigenvalue weighted by Crippen LogP contribution is 2.24. The normalized spacial score (nSPS) is 24.9. The molecule has 0 aliphatic carbocycles. The first-order valence-electron chi connectivity index (χ1n) is 7.63. The molecule has 0 saturated carbocycles. The summed E-state index contributed by atoms with van der Waals surface area (Å²) >= 11 is 0. The van der Waals surface area contributed by atoms with Gasteiger partial charge in [0.15, 0.2) is 0 Å². The van der Waals surface area contributed by atoms with Crippen molar-refractivity contribution in [1.82, 2.24) is 15.5 Å². The lowest BCUT2D eigenvalue weighted by Gasteiger charge is -2.26. The van der Waals surface area contributed by atoms with E-state index in [4.69, 9.17) is 4.42 Å². The van der Waals surface area contributed by atoms with Crippen molar-refractivity contribution in [3.63, 3.8) is 0 Å². The van der Waals surface area contributed by atoms with E-state index in [0.29, 0.717) is 6.54 Å². The zero-order valence-corrected chi connectivity index (χ0v) is 11.8. The molecule has 1 aromatic heterocycles. The van der Waals surface area contributed by atoms with Crippen LogP contribution in [0.3, 0.4) is 0 Å². The predicted molar refractivity (Wildman–Crippen MR) is 76.3 cm³/mol. The molecule has 2 aliphatic heterocycles. The van der Waals surface area contributed by atoms with Crippen molar-refractivity contribution in [3.05, 3.63) is 24.2 Å². The van der Waals surface area contributed by atoms with Crippen molar-refractivity contribution in [2.45, 2.75) is 37.8 Å². The summed E-state index contributed by atoms with van der Waals surface area (Å²) in [6, 6.07) is 4.07. The van der Waals surface area contributed by atoms with Gasteiger partial charge in [0.2, 0.25) is 5.91 Å². The molecule has 2 atom stereocenters. The Morgan fingerprint density at radius 3 is 2.95 bits per heavy atom. The fraction of sp³-hybridized carbons (Fsp3) is 0.667. The van der Waals surface area contributed by atoms with Gasteiger partial charge in [-0.1, -0.05) is 0 Å². The van der Waals surface area contributed by atoms with Crippen LogP contribution in [0.5, 0.6) is 0 Å². The monoisotopic (exact) mass is 277 g/mol. The van der Waals surface area contributed by atoms with Crippen molar-refractivity contribution in [1.29, 1.82) is 0 Å². The van der Waals surface area contributed by atoms with Crippen molar-refractivity contribution < 1.29 is 9.21 Å². The maximum absolute atomic E-state index is 12.1. The quantitative estimate of drug-likeness (QED) is 0.851. The second kappa shape index (κ2) is 6.41. The number of amides is 1. The van der Waals surface area contributed by atoms with Crippen LogP contribution >= 0.6 is 0 Å². The molecule has 2 N–H and O–H groups in total. The van der Waals surface area contributed by atoms with E-state index in [2.05, 4.69) is 15.5 Å². The number of nitrogens with one attached hydrogen (secondary N) is 2. The number of carbonyl (C=O) groups excluding carboxylic acids is 1. The third-order valence-electron chi connectivity index (χ3n) is 4.30. The van der Waals surface area contributed by atoms with Crippen LogP contribution in [0.2, 0.25) is 0 Å². The van der Waals surface area contributed by atoms with Gasteiger partial charge in [-0.15, -0.1) is 0 Å². The molecule has 1 aromatic rings. The van der Waals surface area contributed by atoms with E-state index in [1.54, 1.807) is 6.26 Å². The lowest BCUT2D eigenvalue weighted by Crippen LogP contribution is -2.44. The average Bonchev–Trinajstić information content (AvgIpc) is 3.22. The molecule has 2 unspecified atom stereocenters. The Hall–Kier alpha value is -1.33. The third-order valence-corrected chi connectivity index (χ3v) is 4.30. The number of furan rings is 1. The summed E-state index contributed by atoms with van der Waals surface area (Å²) < 4.78 is 5.56. The Balaban J connectivity index is 1.59. The SMILES string of the molecule is O=C(NCC(c1ccco1)N1CCCC1)C1CCCN1. The highest BCUT2D eigenvalue weighted by Gasteiger charge is 2.28. The minimum atomic E-state index is -0.00849. The lowest BCUT2D eigenvalue weighted by atomic mass is 10.1. The zero-order chi connectivity index (χ0) is 13.8. The van der Waals surface area contributed by atoms with Gasteiger partial charge in [-0.05, 0) is 57.5 Å². The molecule has 20 heavy (non-hydrogen) atoms. The van der Waals surface area contributed by atoms with Crippen LogP contribution in [0, 0.1) is 0 Å². The molecule has 0 aromatic carbocycles. The average molecular weight is 277 g/mol. The first-order chi connectivity index (χ1) is 9.84.